The zero-order chi connectivity index (χ0) is 28.8. The first kappa shape index (κ1) is 30.4. The lowest BCUT2D eigenvalue weighted by Gasteiger charge is -2.34. The highest BCUT2D eigenvalue weighted by atomic mass is 79.9. The molecule has 0 aliphatic rings. The van der Waals surface area contributed by atoms with E-state index in [0.29, 0.717) is 12.1 Å². The topological polar surface area (TPSA) is 86.8 Å². The molecule has 0 aromatic heterocycles. The quantitative estimate of drug-likeness (QED) is 0.319. The number of nitrogens with one attached hydrogen (secondary N) is 1. The summed E-state index contributed by atoms with van der Waals surface area (Å²) in [5.41, 5.74) is 1.72. The van der Waals surface area contributed by atoms with Gasteiger partial charge in [0.05, 0.1) is 10.6 Å². The Morgan fingerprint density at radius 1 is 0.949 bits per heavy atom. The number of carbonyl (C=O) groups is 2. The monoisotopic (exact) mass is 613 g/mol. The summed E-state index contributed by atoms with van der Waals surface area (Å²) >= 11 is 3.39. The molecule has 3 aromatic carbocycles. The van der Waals surface area contributed by atoms with Crippen LogP contribution in [0.25, 0.3) is 0 Å². The first-order valence-corrected chi connectivity index (χ1v) is 15.1. The minimum atomic E-state index is -4.09. The fourth-order valence-electron chi connectivity index (χ4n) is 4.24. The number of hydrogen-bond acceptors (Lipinski definition) is 4. The van der Waals surface area contributed by atoms with Crippen LogP contribution in [0, 0.1) is 6.92 Å². The summed E-state index contributed by atoms with van der Waals surface area (Å²) in [5, 5.41) is 2.98. The van der Waals surface area contributed by atoms with Crippen LogP contribution < -0.4 is 9.62 Å². The van der Waals surface area contributed by atoms with E-state index in [9.17, 15) is 18.0 Å². The highest BCUT2D eigenvalue weighted by Gasteiger charge is 2.34. The third kappa shape index (κ3) is 8.16. The smallest absolute Gasteiger partial charge is 0.264 e. The van der Waals surface area contributed by atoms with Gasteiger partial charge in [-0.2, -0.15) is 0 Å². The Kier molecular flexibility index (Phi) is 9.96. The molecule has 0 bridgehead atoms. The van der Waals surface area contributed by atoms with Crippen molar-refractivity contribution in [3.8, 4) is 0 Å². The summed E-state index contributed by atoms with van der Waals surface area (Å²) in [7, 11) is -4.09. The first-order chi connectivity index (χ1) is 18.3. The number of aryl methyl sites for hydroxylation is 1. The van der Waals surface area contributed by atoms with Crippen LogP contribution in [0.2, 0.25) is 0 Å². The van der Waals surface area contributed by atoms with Crippen molar-refractivity contribution in [2.24, 2.45) is 0 Å². The van der Waals surface area contributed by atoms with Crippen molar-refractivity contribution in [3.05, 3.63) is 94.5 Å². The Bertz CT molecular complexity index is 1390. The van der Waals surface area contributed by atoms with Gasteiger partial charge in [0.2, 0.25) is 11.8 Å². The van der Waals surface area contributed by atoms with Crippen LogP contribution in [0.3, 0.4) is 0 Å². The molecule has 0 saturated heterocycles. The molecule has 0 heterocycles. The van der Waals surface area contributed by atoms with Gasteiger partial charge in [-0.25, -0.2) is 8.42 Å². The van der Waals surface area contributed by atoms with Gasteiger partial charge in [-0.3, -0.25) is 13.9 Å². The van der Waals surface area contributed by atoms with E-state index in [0.717, 1.165) is 19.9 Å². The van der Waals surface area contributed by atoms with Crippen LogP contribution in [0.1, 0.15) is 45.2 Å². The second-order valence-electron chi connectivity index (χ2n) is 10.5. The standard InChI is InChI=1S/C30H36BrN3O4S/c1-6-27(29(36)32-30(3,4)5)33(20-23-12-10-11-22(2)19-23)28(35)21-34(25-17-15-24(31)16-18-25)39(37,38)26-13-8-7-9-14-26/h7-19,27H,6,20-21H2,1-5H3,(H,32,36)/t27-/m1/s1. The van der Waals surface area contributed by atoms with Crippen molar-refractivity contribution in [1.82, 2.24) is 10.2 Å². The lowest BCUT2D eigenvalue weighted by atomic mass is 10.0. The van der Waals surface area contributed by atoms with Gasteiger partial charge in [-0.05, 0) is 76.1 Å². The average molecular weight is 615 g/mol. The van der Waals surface area contributed by atoms with E-state index in [1.54, 1.807) is 42.5 Å². The van der Waals surface area contributed by atoms with E-state index < -0.39 is 34.1 Å². The number of anilines is 1. The molecule has 0 fully saturated rings. The minimum Gasteiger partial charge on any atom is -0.350 e. The number of nitrogens with zero attached hydrogens (tertiary/aromatic N) is 2. The molecule has 9 heteroatoms. The molecule has 3 rings (SSSR count). The number of hydrogen-bond donors (Lipinski definition) is 1. The second-order valence-corrected chi connectivity index (χ2v) is 13.3. The van der Waals surface area contributed by atoms with Gasteiger partial charge in [-0.1, -0.05) is 70.9 Å². The Morgan fingerprint density at radius 3 is 2.15 bits per heavy atom. The van der Waals surface area contributed by atoms with Gasteiger partial charge in [0.25, 0.3) is 10.0 Å². The van der Waals surface area contributed by atoms with Gasteiger partial charge in [-0.15, -0.1) is 0 Å². The summed E-state index contributed by atoms with van der Waals surface area (Å²) in [5.74, 6) is -0.762. The van der Waals surface area contributed by atoms with Crippen molar-refractivity contribution >= 4 is 43.5 Å². The predicted molar refractivity (Wildman–Crippen MR) is 159 cm³/mol. The van der Waals surface area contributed by atoms with E-state index in [1.807, 2.05) is 58.9 Å². The SMILES string of the molecule is CC[C@H](C(=O)NC(C)(C)C)N(Cc1cccc(C)c1)C(=O)CN(c1ccc(Br)cc1)S(=O)(=O)c1ccccc1. The molecule has 0 spiro atoms. The van der Waals surface area contributed by atoms with Crippen molar-refractivity contribution in [1.29, 1.82) is 0 Å². The Labute approximate surface area is 240 Å². The van der Waals surface area contributed by atoms with Crippen molar-refractivity contribution in [2.45, 2.75) is 64.1 Å². The molecule has 3 aromatic rings. The van der Waals surface area contributed by atoms with Gasteiger partial charge < -0.3 is 10.2 Å². The van der Waals surface area contributed by atoms with Gasteiger partial charge in [0, 0.05) is 16.6 Å². The lowest BCUT2D eigenvalue weighted by Crippen LogP contribution is -2.55. The maximum absolute atomic E-state index is 14.1. The number of sulfonamides is 1. The summed E-state index contributed by atoms with van der Waals surface area (Å²) in [6.07, 6.45) is 0.364. The molecule has 1 N–H and O–H groups in total. The maximum Gasteiger partial charge on any atom is 0.264 e. The largest absolute Gasteiger partial charge is 0.350 e. The molecule has 0 unspecified atom stereocenters. The summed E-state index contributed by atoms with van der Waals surface area (Å²) < 4.78 is 29.5. The number of halogens is 1. The lowest BCUT2D eigenvalue weighted by molar-refractivity contribution is -0.141. The molecule has 0 radical (unpaired) electrons. The fraction of sp³-hybridized carbons (Fsp3) is 0.333. The number of benzene rings is 3. The number of rotatable bonds is 10. The van der Waals surface area contributed by atoms with Gasteiger partial charge in [0.15, 0.2) is 0 Å². The van der Waals surface area contributed by atoms with E-state index in [4.69, 9.17) is 0 Å². The zero-order valence-electron chi connectivity index (χ0n) is 23.0. The van der Waals surface area contributed by atoms with Gasteiger partial charge in [0.1, 0.15) is 12.6 Å². The van der Waals surface area contributed by atoms with E-state index in [1.165, 1.54) is 17.0 Å². The molecule has 208 valence electrons. The van der Waals surface area contributed by atoms with E-state index >= 15 is 0 Å². The Balaban J connectivity index is 2.06. The number of carbonyl (C=O) groups excluding carboxylic acids is 2. The van der Waals surface area contributed by atoms with E-state index in [-0.39, 0.29) is 17.3 Å². The molecular formula is C30H36BrN3O4S. The highest BCUT2D eigenvalue weighted by Crippen LogP contribution is 2.26. The van der Waals surface area contributed by atoms with Crippen molar-refractivity contribution in [3.63, 3.8) is 0 Å². The van der Waals surface area contributed by atoms with Crippen molar-refractivity contribution < 1.29 is 18.0 Å². The minimum absolute atomic E-state index is 0.0727. The third-order valence-corrected chi connectivity index (χ3v) is 8.36. The Morgan fingerprint density at radius 2 is 1.59 bits per heavy atom. The molecule has 0 aliphatic heterocycles. The highest BCUT2D eigenvalue weighted by molar-refractivity contribution is 9.10. The van der Waals surface area contributed by atoms with Gasteiger partial charge >= 0.3 is 0 Å². The van der Waals surface area contributed by atoms with Crippen LogP contribution in [-0.2, 0) is 26.2 Å². The molecule has 0 aliphatic carbocycles. The molecule has 39 heavy (non-hydrogen) atoms. The molecule has 7 nitrogen and oxygen atoms in total. The normalized spacial score (nSPS) is 12.5. The van der Waals surface area contributed by atoms with Crippen LogP contribution in [0.15, 0.2) is 88.2 Å². The summed E-state index contributed by atoms with van der Waals surface area (Å²) in [4.78, 5) is 29.0. The first-order valence-electron chi connectivity index (χ1n) is 12.8. The third-order valence-electron chi connectivity index (χ3n) is 6.04. The average Bonchev–Trinajstić information content (AvgIpc) is 2.87. The molecule has 0 saturated carbocycles. The molecule has 2 amide bonds. The second kappa shape index (κ2) is 12.8. The number of amides is 2. The molecular weight excluding hydrogens is 578 g/mol. The van der Waals surface area contributed by atoms with Crippen LogP contribution in [0.4, 0.5) is 5.69 Å². The summed E-state index contributed by atoms with van der Waals surface area (Å²) in [6, 6.07) is 21.7. The maximum atomic E-state index is 14.1. The predicted octanol–water partition coefficient (Wildman–Crippen LogP) is 5.67. The zero-order valence-corrected chi connectivity index (χ0v) is 25.4. The summed E-state index contributed by atoms with van der Waals surface area (Å²) in [6.45, 7) is 9.14. The van der Waals surface area contributed by atoms with Crippen LogP contribution >= 0.6 is 15.9 Å². The van der Waals surface area contributed by atoms with Crippen molar-refractivity contribution in [2.75, 3.05) is 10.8 Å². The van der Waals surface area contributed by atoms with Crippen LogP contribution in [-0.4, -0.2) is 43.3 Å². The van der Waals surface area contributed by atoms with E-state index in [2.05, 4.69) is 21.2 Å². The fourth-order valence-corrected chi connectivity index (χ4v) is 5.93. The van der Waals surface area contributed by atoms with Crippen LogP contribution in [0.5, 0.6) is 0 Å². The Hall–Kier alpha value is -3.17. The molecule has 1 atom stereocenters.